The Balaban J connectivity index is 1.97. The van der Waals surface area contributed by atoms with E-state index in [0.717, 1.165) is 11.1 Å². The fourth-order valence-electron chi connectivity index (χ4n) is 2.74. The number of hydrogen-bond donors (Lipinski definition) is 2. The summed E-state index contributed by atoms with van der Waals surface area (Å²) in [6, 6.07) is 18.2. The molecule has 0 fully saturated rings. The van der Waals surface area contributed by atoms with Crippen molar-refractivity contribution in [3.63, 3.8) is 0 Å². The van der Waals surface area contributed by atoms with Crippen molar-refractivity contribution < 1.29 is 14.7 Å². The van der Waals surface area contributed by atoms with Crippen LogP contribution in [0.15, 0.2) is 65.1 Å². The molecule has 0 unspecified atom stereocenters. The minimum atomic E-state index is -1.15. The molecule has 0 spiro atoms. The van der Waals surface area contributed by atoms with Gasteiger partial charge in [-0.25, -0.2) is 4.79 Å². The summed E-state index contributed by atoms with van der Waals surface area (Å²) >= 11 is 9.44. The number of halogens is 2. The molecule has 0 saturated carbocycles. The highest BCUT2D eigenvalue weighted by molar-refractivity contribution is 9.10. The Bertz CT molecular complexity index is 1040. The first kappa shape index (κ1) is 19.1. The summed E-state index contributed by atoms with van der Waals surface area (Å²) in [5.74, 6) is -1.56. The van der Waals surface area contributed by atoms with Gasteiger partial charge in [0.1, 0.15) is 0 Å². The predicted octanol–water partition coefficient (Wildman–Crippen LogP) is 6.03. The van der Waals surface area contributed by atoms with Crippen molar-refractivity contribution >= 4 is 45.1 Å². The maximum Gasteiger partial charge on any atom is 0.337 e. The molecule has 0 aliphatic heterocycles. The fraction of sp³-hybridized carbons (Fsp3) is 0.0476. The van der Waals surface area contributed by atoms with Crippen molar-refractivity contribution in [3.05, 3.63) is 86.8 Å². The molecule has 0 radical (unpaired) electrons. The molecule has 3 aromatic rings. The van der Waals surface area contributed by atoms with E-state index in [4.69, 9.17) is 11.6 Å². The average molecular weight is 445 g/mol. The highest BCUT2D eigenvalue weighted by atomic mass is 79.9. The van der Waals surface area contributed by atoms with Gasteiger partial charge in [-0.3, -0.25) is 4.79 Å². The molecule has 2 N–H and O–H groups in total. The third-order valence-electron chi connectivity index (χ3n) is 4.16. The second-order valence-corrected chi connectivity index (χ2v) is 7.16. The largest absolute Gasteiger partial charge is 0.478 e. The Morgan fingerprint density at radius 1 is 1.00 bits per heavy atom. The lowest BCUT2D eigenvalue weighted by molar-refractivity contribution is 0.0698. The van der Waals surface area contributed by atoms with Gasteiger partial charge in [0, 0.05) is 10.0 Å². The monoisotopic (exact) mass is 443 g/mol. The summed E-state index contributed by atoms with van der Waals surface area (Å²) in [5, 5.41) is 12.5. The Morgan fingerprint density at radius 3 is 2.33 bits per heavy atom. The summed E-state index contributed by atoms with van der Waals surface area (Å²) in [4.78, 5) is 24.3. The molecule has 0 heterocycles. The number of rotatable bonds is 4. The SMILES string of the molecule is Cc1c(Cl)c(Br)cc(C(=O)O)c1NC(=O)c1cccc(-c2ccccc2)c1. The molecule has 0 saturated heterocycles. The minimum absolute atomic E-state index is 0.0312. The second kappa shape index (κ2) is 7.94. The number of benzene rings is 3. The molecule has 0 atom stereocenters. The highest BCUT2D eigenvalue weighted by Gasteiger charge is 2.20. The van der Waals surface area contributed by atoms with Crippen molar-refractivity contribution in [3.8, 4) is 11.1 Å². The van der Waals surface area contributed by atoms with Gasteiger partial charge in [-0.2, -0.15) is 0 Å². The summed E-state index contributed by atoms with van der Waals surface area (Å²) in [6.07, 6.45) is 0. The quantitative estimate of drug-likeness (QED) is 0.516. The van der Waals surface area contributed by atoms with Crippen molar-refractivity contribution in [1.82, 2.24) is 0 Å². The first-order chi connectivity index (χ1) is 12.9. The first-order valence-corrected chi connectivity index (χ1v) is 9.24. The van der Waals surface area contributed by atoms with E-state index in [1.54, 1.807) is 25.1 Å². The van der Waals surface area contributed by atoms with Gasteiger partial charge in [0.15, 0.2) is 0 Å². The number of carboxylic acid groups (broad SMARTS) is 1. The van der Waals surface area contributed by atoms with Crippen LogP contribution in [0.1, 0.15) is 26.3 Å². The molecule has 3 aromatic carbocycles. The summed E-state index contributed by atoms with van der Waals surface area (Å²) in [5.41, 5.74) is 2.94. The van der Waals surface area contributed by atoms with Crippen LogP contribution in [0.3, 0.4) is 0 Å². The molecule has 4 nitrogen and oxygen atoms in total. The van der Waals surface area contributed by atoms with Gasteiger partial charge in [0.25, 0.3) is 5.91 Å². The summed E-state index contributed by atoms with van der Waals surface area (Å²) in [6.45, 7) is 1.66. The number of carbonyl (C=O) groups excluding carboxylic acids is 1. The lowest BCUT2D eigenvalue weighted by Gasteiger charge is -2.14. The third-order valence-corrected chi connectivity index (χ3v) is 5.50. The maximum absolute atomic E-state index is 12.8. The van der Waals surface area contributed by atoms with Crippen molar-refractivity contribution in [1.29, 1.82) is 0 Å². The number of amides is 1. The molecule has 0 aliphatic carbocycles. The van der Waals surface area contributed by atoms with Crippen LogP contribution in [0.5, 0.6) is 0 Å². The second-order valence-electron chi connectivity index (χ2n) is 5.93. The molecule has 3 rings (SSSR count). The molecular formula is C21H15BrClNO3. The lowest BCUT2D eigenvalue weighted by Crippen LogP contribution is -2.16. The number of hydrogen-bond acceptors (Lipinski definition) is 2. The Kier molecular flexibility index (Phi) is 5.63. The Morgan fingerprint density at radius 2 is 1.67 bits per heavy atom. The Labute approximate surface area is 169 Å². The molecule has 136 valence electrons. The van der Waals surface area contributed by atoms with E-state index < -0.39 is 11.9 Å². The molecule has 6 heteroatoms. The van der Waals surface area contributed by atoms with E-state index in [1.165, 1.54) is 6.07 Å². The number of anilines is 1. The number of carboxylic acids is 1. The van der Waals surface area contributed by atoms with Crippen molar-refractivity contribution in [2.24, 2.45) is 0 Å². The van der Waals surface area contributed by atoms with Gasteiger partial charge >= 0.3 is 5.97 Å². The summed E-state index contributed by atoms with van der Waals surface area (Å²) in [7, 11) is 0. The maximum atomic E-state index is 12.8. The normalized spacial score (nSPS) is 10.5. The molecule has 27 heavy (non-hydrogen) atoms. The van der Waals surface area contributed by atoms with Crippen LogP contribution in [0.4, 0.5) is 5.69 Å². The zero-order valence-corrected chi connectivity index (χ0v) is 16.6. The molecule has 0 aliphatic rings. The number of aromatic carboxylic acids is 1. The lowest BCUT2D eigenvalue weighted by atomic mass is 10.0. The van der Waals surface area contributed by atoms with E-state index >= 15 is 0 Å². The van der Waals surface area contributed by atoms with E-state index in [1.807, 2.05) is 36.4 Å². The van der Waals surface area contributed by atoms with Crippen LogP contribution in [-0.4, -0.2) is 17.0 Å². The third kappa shape index (κ3) is 4.04. The number of nitrogens with one attached hydrogen (secondary N) is 1. The molecule has 1 amide bonds. The van der Waals surface area contributed by atoms with Crippen LogP contribution in [-0.2, 0) is 0 Å². The molecule has 0 aromatic heterocycles. The Hall–Kier alpha value is -2.63. The van der Waals surface area contributed by atoms with Crippen LogP contribution in [0.2, 0.25) is 5.02 Å². The molecular weight excluding hydrogens is 430 g/mol. The smallest absolute Gasteiger partial charge is 0.337 e. The van der Waals surface area contributed by atoms with E-state index in [0.29, 0.717) is 20.6 Å². The van der Waals surface area contributed by atoms with Crippen LogP contribution >= 0.6 is 27.5 Å². The fourth-order valence-corrected chi connectivity index (χ4v) is 3.41. The van der Waals surface area contributed by atoms with Crippen molar-refractivity contribution in [2.45, 2.75) is 6.92 Å². The number of carbonyl (C=O) groups is 2. The highest BCUT2D eigenvalue weighted by Crippen LogP contribution is 2.35. The standard InChI is InChI=1S/C21H15BrClNO3/c1-12-18(23)17(22)11-16(21(26)27)19(12)24-20(25)15-9-5-8-14(10-15)13-6-3-2-4-7-13/h2-11H,1H3,(H,24,25)(H,26,27). The van der Waals surface area contributed by atoms with Gasteiger partial charge in [0.05, 0.1) is 16.3 Å². The van der Waals surface area contributed by atoms with Crippen LogP contribution < -0.4 is 5.32 Å². The van der Waals surface area contributed by atoms with E-state index in [2.05, 4.69) is 21.2 Å². The van der Waals surface area contributed by atoms with Gasteiger partial charge in [0.2, 0.25) is 0 Å². The zero-order chi connectivity index (χ0) is 19.6. The summed E-state index contributed by atoms with van der Waals surface area (Å²) < 4.78 is 0.461. The van der Waals surface area contributed by atoms with Gasteiger partial charge < -0.3 is 10.4 Å². The first-order valence-electron chi connectivity index (χ1n) is 8.07. The predicted molar refractivity (Wildman–Crippen MR) is 111 cm³/mol. The minimum Gasteiger partial charge on any atom is -0.478 e. The van der Waals surface area contributed by atoms with Crippen LogP contribution in [0.25, 0.3) is 11.1 Å². The van der Waals surface area contributed by atoms with Gasteiger partial charge in [-0.05, 0) is 57.7 Å². The average Bonchev–Trinajstić information content (AvgIpc) is 2.68. The van der Waals surface area contributed by atoms with Crippen LogP contribution in [0, 0.1) is 6.92 Å². The van der Waals surface area contributed by atoms with Gasteiger partial charge in [-0.1, -0.05) is 54.1 Å². The van der Waals surface area contributed by atoms with Crippen molar-refractivity contribution in [2.75, 3.05) is 5.32 Å². The van der Waals surface area contributed by atoms with E-state index in [-0.39, 0.29) is 11.3 Å². The zero-order valence-electron chi connectivity index (χ0n) is 14.3. The topological polar surface area (TPSA) is 66.4 Å². The van der Waals surface area contributed by atoms with E-state index in [9.17, 15) is 14.7 Å². The molecule has 0 bridgehead atoms. The van der Waals surface area contributed by atoms with Gasteiger partial charge in [-0.15, -0.1) is 0 Å².